The summed E-state index contributed by atoms with van der Waals surface area (Å²) in [5, 5.41) is 4.13. The lowest BCUT2D eigenvalue weighted by Gasteiger charge is -2.27. The topological polar surface area (TPSA) is 28.2 Å². The van der Waals surface area contributed by atoms with Crippen LogP contribution in [-0.4, -0.2) is 30.5 Å². The molecule has 3 rings (SSSR count). The molecule has 1 N–H and O–H groups in total. The average molecular weight is 259 g/mol. The molecule has 0 radical (unpaired) electrons. The van der Waals surface area contributed by atoms with Crippen molar-refractivity contribution >= 4 is 10.9 Å². The van der Waals surface area contributed by atoms with Gasteiger partial charge in [-0.1, -0.05) is 12.1 Å². The van der Waals surface area contributed by atoms with Crippen LogP contribution in [0.5, 0.6) is 0 Å². The lowest BCUT2D eigenvalue weighted by atomic mass is 9.96. The first-order valence-corrected chi connectivity index (χ1v) is 6.62. The Balaban J connectivity index is 2.30. The molecule has 0 atom stereocenters. The summed E-state index contributed by atoms with van der Waals surface area (Å²) in [5.41, 5.74) is 4.02. The highest BCUT2D eigenvalue weighted by atomic mass is 19.1. The number of para-hydroxylation sites is 1. The zero-order chi connectivity index (χ0) is 13.4. The molecule has 1 aliphatic rings. The number of hydrogen-bond donors (Lipinski definition) is 1. The molecule has 0 saturated heterocycles. The standard InChI is InChI=1S/C15H18FN3/c1-17-8-11-10-4-3-5-13(16)15(10)18-14-6-7-19(2)9-12(11)14/h3-5,17H,6-9H2,1-2H3. The molecule has 0 amide bonds. The van der Waals surface area contributed by atoms with Gasteiger partial charge in [-0.05, 0) is 31.3 Å². The van der Waals surface area contributed by atoms with E-state index in [0.29, 0.717) is 5.52 Å². The van der Waals surface area contributed by atoms with Crippen molar-refractivity contribution in [1.29, 1.82) is 0 Å². The van der Waals surface area contributed by atoms with Crippen LogP contribution >= 0.6 is 0 Å². The molecule has 100 valence electrons. The quantitative estimate of drug-likeness (QED) is 0.895. The molecule has 0 saturated carbocycles. The summed E-state index contributed by atoms with van der Waals surface area (Å²) in [4.78, 5) is 6.85. The van der Waals surface area contributed by atoms with Gasteiger partial charge in [0.1, 0.15) is 11.3 Å². The van der Waals surface area contributed by atoms with E-state index < -0.39 is 0 Å². The molecule has 2 heterocycles. The Morgan fingerprint density at radius 3 is 3.05 bits per heavy atom. The number of likely N-dealkylation sites (N-methyl/N-ethyl adjacent to an activating group) is 1. The highest BCUT2D eigenvalue weighted by Crippen LogP contribution is 2.28. The molecule has 2 aromatic rings. The van der Waals surface area contributed by atoms with E-state index in [4.69, 9.17) is 0 Å². The van der Waals surface area contributed by atoms with E-state index in [1.54, 1.807) is 6.07 Å². The molecular formula is C15H18FN3. The summed E-state index contributed by atoms with van der Waals surface area (Å²) < 4.78 is 14.0. The van der Waals surface area contributed by atoms with Crippen LogP contribution in [0, 0.1) is 5.82 Å². The van der Waals surface area contributed by atoms with Crippen molar-refractivity contribution in [3.8, 4) is 0 Å². The van der Waals surface area contributed by atoms with E-state index in [-0.39, 0.29) is 5.82 Å². The first-order valence-electron chi connectivity index (χ1n) is 6.62. The summed E-state index contributed by atoms with van der Waals surface area (Å²) in [5.74, 6) is -0.225. The summed E-state index contributed by atoms with van der Waals surface area (Å²) in [6.45, 7) is 2.63. The van der Waals surface area contributed by atoms with Crippen LogP contribution in [0.4, 0.5) is 4.39 Å². The van der Waals surface area contributed by atoms with E-state index in [1.165, 1.54) is 17.2 Å². The number of pyridine rings is 1. The van der Waals surface area contributed by atoms with Crippen molar-refractivity contribution in [3.63, 3.8) is 0 Å². The molecule has 0 fully saturated rings. The van der Waals surface area contributed by atoms with Crippen LogP contribution in [0.3, 0.4) is 0 Å². The fourth-order valence-corrected chi connectivity index (χ4v) is 2.83. The molecule has 1 aliphatic heterocycles. The maximum Gasteiger partial charge on any atom is 0.149 e. The zero-order valence-corrected chi connectivity index (χ0v) is 11.3. The molecule has 0 bridgehead atoms. The number of fused-ring (bicyclic) bond motifs is 2. The predicted octanol–water partition coefficient (Wildman–Crippen LogP) is 2.08. The molecule has 0 aliphatic carbocycles. The molecule has 1 aromatic heterocycles. The van der Waals surface area contributed by atoms with Gasteiger partial charge in [-0.3, -0.25) is 0 Å². The highest BCUT2D eigenvalue weighted by molar-refractivity contribution is 5.84. The van der Waals surface area contributed by atoms with Gasteiger partial charge >= 0.3 is 0 Å². The van der Waals surface area contributed by atoms with Crippen LogP contribution < -0.4 is 5.32 Å². The van der Waals surface area contributed by atoms with Crippen molar-refractivity contribution in [3.05, 3.63) is 40.8 Å². The zero-order valence-electron chi connectivity index (χ0n) is 11.3. The number of halogens is 1. The number of hydrogen-bond acceptors (Lipinski definition) is 3. The third-order valence-electron chi connectivity index (χ3n) is 3.78. The fraction of sp³-hybridized carbons (Fsp3) is 0.400. The van der Waals surface area contributed by atoms with Crippen molar-refractivity contribution in [1.82, 2.24) is 15.2 Å². The van der Waals surface area contributed by atoms with Crippen molar-refractivity contribution in [2.24, 2.45) is 0 Å². The molecular weight excluding hydrogens is 241 g/mol. The smallest absolute Gasteiger partial charge is 0.149 e. The molecule has 3 nitrogen and oxygen atoms in total. The number of benzene rings is 1. The van der Waals surface area contributed by atoms with Crippen molar-refractivity contribution in [2.45, 2.75) is 19.5 Å². The Bertz CT molecular complexity index is 624. The Labute approximate surface area is 112 Å². The Morgan fingerprint density at radius 1 is 1.42 bits per heavy atom. The second kappa shape index (κ2) is 4.87. The van der Waals surface area contributed by atoms with Crippen LogP contribution in [0.2, 0.25) is 0 Å². The first-order chi connectivity index (χ1) is 9.20. The number of nitrogens with one attached hydrogen (secondary N) is 1. The summed E-state index contributed by atoms with van der Waals surface area (Å²) >= 11 is 0. The monoisotopic (exact) mass is 259 g/mol. The van der Waals surface area contributed by atoms with Gasteiger partial charge in [-0.2, -0.15) is 0 Å². The lowest BCUT2D eigenvalue weighted by molar-refractivity contribution is 0.309. The van der Waals surface area contributed by atoms with Crippen molar-refractivity contribution < 1.29 is 4.39 Å². The second-order valence-corrected chi connectivity index (χ2v) is 5.17. The Kier molecular flexibility index (Phi) is 3.21. The minimum Gasteiger partial charge on any atom is -0.316 e. The summed E-state index contributed by atoms with van der Waals surface area (Å²) in [6.07, 6.45) is 0.896. The SMILES string of the molecule is CNCc1c2c(nc3c(F)cccc13)CCN(C)C2. The van der Waals surface area contributed by atoms with Crippen LogP contribution in [-0.2, 0) is 19.5 Å². The molecule has 0 spiro atoms. The van der Waals surface area contributed by atoms with Gasteiger partial charge in [-0.15, -0.1) is 0 Å². The largest absolute Gasteiger partial charge is 0.316 e. The second-order valence-electron chi connectivity index (χ2n) is 5.17. The third-order valence-corrected chi connectivity index (χ3v) is 3.78. The number of aromatic nitrogens is 1. The van der Waals surface area contributed by atoms with Gasteiger partial charge in [-0.25, -0.2) is 9.37 Å². The summed E-state index contributed by atoms with van der Waals surface area (Å²) in [7, 11) is 4.03. The van der Waals surface area contributed by atoms with E-state index in [2.05, 4.69) is 22.2 Å². The Hall–Kier alpha value is -1.52. The maximum atomic E-state index is 14.0. The Morgan fingerprint density at radius 2 is 2.26 bits per heavy atom. The van der Waals surface area contributed by atoms with Gasteiger partial charge in [0, 0.05) is 37.1 Å². The molecule has 1 aromatic carbocycles. The number of rotatable bonds is 2. The summed E-state index contributed by atoms with van der Waals surface area (Å²) in [6, 6.07) is 5.21. The highest BCUT2D eigenvalue weighted by Gasteiger charge is 2.21. The minimum atomic E-state index is -0.225. The predicted molar refractivity (Wildman–Crippen MR) is 74.5 cm³/mol. The van der Waals surface area contributed by atoms with Gasteiger partial charge in [0.15, 0.2) is 0 Å². The molecule has 0 unspecified atom stereocenters. The lowest BCUT2D eigenvalue weighted by Crippen LogP contribution is -2.29. The van der Waals surface area contributed by atoms with Gasteiger partial charge in [0.2, 0.25) is 0 Å². The van der Waals surface area contributed by atoms with Crippen LogP contribution in [0.1, 0.15) is 16.8 Å². The van der Waals surface area contributed by atoms with Crippen molar-refractivity contribution in [2.75, 3.05) is 20.6 Å². The van der Waals surface area contributed by atoms with E-state index in [9.17, 15) is 4.39 Å². The van der Waals surface area contributed by atoms with Crippen LogP contribution in [0.25, 0.3) is 10.9 Å². The molecule has 4 heteroatoms. The molecule has 19 heavy (non-hydrogen) atoms. The fourth-order valence-electron chi connectivity index (χ4n) is 2.83. The van der Waals surface area contributed by atoms with Gasteiger partial charge < -0.3 is 10.2 Å². The van der Waals surface area contributed by atoms with Crippen LogP contribution in [0.15, 0.2) is 18.2 Å². The average Bonchev–Trinajstić information content (AvgIpc) is 2.40. The van der Waals surface area contributed by atoms with Gasteiger partial charge in [0.25, 0.3) is 0 Å². The van der Waals surface area contributed by atoms with E-state index in [0.717, 1.165) is 37.1 Å². The maximum absolute atomic E-state index is 14.0. The van der Waals surface area contributed by atoms with E-state index in [1.807, 2.05) is 13.1 Å². The third kappa shape index (κ3) is 2.11. The van der Waals surface area contributed by atoms with E-state index >= 15 is 0 Å². The first kappa shape index (κ1) is 12.5. The number of nitrogens with zero attached hydrogens (tertiary/aromatic N) is 2. The van der Waals surface area contributed by atoms with Gasteiger partial charge in [0.05, 0.1) is 0 Å². The normalized spacial score (nSPS) is 15.7. The minimum absolute atomic E-state index is 0.225.